The minimum absolute atomic E-state index is 0.321. The molecule has 0 aliphatic heterocycles. The Balaban J connectivity index is 2.67. The molecule has 0 saturated heterocycles. The first-order valence-corrected chi connectivity index (χ1v) is 5.11. The average Bonchev–Trinajstić information content (AvgIpc) is 2.26. The van der Waals surface area contributed by atoms with Crippen LogP contribution in [0.1, 0.15) is 11.1 Å². The van der Waals surface area contributed by atoms with Crippen LogP contribution in [0.4, 0.5) is 8.78 Å². The molecule has 0 atom stereocenters. The Morgan fingerprint density at radius 2 is 1.62 bits per heavy atom. The van der Waals surface area contributed by atoms with Crippen molar-refractivity contribution >= 4 is 0 Å². The Kier molecular flexibility index (Phi) is 2.73. The van der Waals surface area contributed by atoms with Gasteiger partial charge in [-0.2, -0.15) is 0 Å². The van der Waals surface area contributed by atoms with Gasteiger partial charge in [0.25, 0.3) is 0 Å². The largest absolute Gasteiger partial charge is 0.207 e. The molecule has 0 aliphatic carbocycles. The van der Waals surface area contributed by atoms with Crippen LogP contribution in [-0.2, 0) is 0 Å². The fourth-order valence-electron chi connectivity index (χ4n) is 1.75. The second-order valence-corrected chi connectivity index (χ2v) is 3.87. The molecule has 0 nitrogen and oxygen atoms in total. The molecule has 0 spiro atoms. The van der Waals surface area contributed by atoms with Crippen LogP contribution in [0.3, 0.4) is 0 Å². The molecule has 16 heavy (non-hydrogen) atoms. The number of aryl methyl sites for hydroxylation is 1. The van der Waals surface area contributed by atoms with Gasteiger partial charge in [-0.25, -0.2) is 8.78 Å². The Hall–Kier alpha value is -1.70. The van der Waals surface area contributed by atoms with Crippen molar-refractivity contribution in [1.82, 2.24) is 0 Å². The lowest BCUT2D eigenvalue weighted by atomic mass is 9.97. The van der Waals surface area contributed by atoms with Crippen molar-refractivity contribution in [3.05, 3.63) is 59.2 Å². The van der Waals surface area contributed by atoms with Crippen LogP contribution < -0.4 is 0 Å². The van der Waals surface area contributed by atoms with Gasteiger partial charge in [-0.15, -0.1) is 0 Å². The van der Waals surface area contributed by atoms with E-state index in [4.69, 9.17) is 0 Å². The van der Waals surface area contributed by atoms with E-state index < -0.39 is 11.6 Å². The summed E-state index contributed by atoms with van der Waals surface area (Å²) >= 11 is 0. The molecule has 2 heteroatoms. The number of rotatable bonds is 1. The van der Waals surface area contributed by atoms with Crippen LogP contribution in [0.15, 0.2) is 36.4 Å². The Bertz CT molecular complexity index is 530. The zero-order valence-corrected chi connectivity index (χ0v) is 9.22. The highest BCUT2D eigenvalue weighted by molar-refractivity contribution is 5.69. The summed E-state index contributed by atoms with van der Waals surface area (Å²) in [7, 11) is 0. The first-order valence-electron chi connectivity index (χ1n) is 5.11. The van der Waals surface area contributed by atoms with Gasteiger partial charge in [0.2, 0.25) is 0 Å². The van der Waals surface area contributed by atoms with Gasteiger partial charge in [-0.3, -0.25) is 0 Å². The molecule has 0 N–H and O–H groups in total. The van der Waals surface area contributed by atoms with Crippen LogP contribution in [0.5, 0.6) is 0 Å². The topological polar surface area (TPSA) is 0 Å². The van der Waals surface area contributed by atoms with E-state index in [2.05, 4.69) is 0 Å². The van der Waals surface area contributed by atoms with Crippen molar-refractivity contribution < 1.29 is 8.78 Å². The molecule has 0 heterocycles. The second-order valence-electron chi connectivity index (χ2n) is 3.87. The first kappa shape index (κ1) is 10.8. The molecule has 0 aromatic heterocycles. The highest BCUT2D eigenvalue weighted by atomic mass is 19.1. The lowest BCUT2D eigenvalue weighted by Crippen LogP contribution is -1.91. The molecule has 82 valence electrons. The molecule has 2 aromatic carbocycles. The highest BCUT2D eigenvalue weighted by Crippen LogP contribution is 2.28. The summed E-state index contributed by atoms with van der Waals surface area (Å²) in [6.07, 6.45) is 0. The quantitative estimate of drug-likeness (QED) is 0.671. The summed E-state index contributed by atoms with van der Waals surface area (Å²) in [6.45, 7) is 3.87. The van der Waals surface area contributed by atoms with Gasteiger partial charge in [0.1, 0.15) is 11.6 Å². The normalized spacial score (nSPS) is 10.5. The Morgan fingerprint density at radius 1 is 0.875 bits per heavy atom. The molecule has 0 radical (unpaired) electrons. The third kappa shape index (κ3) is 1.83. The third-order valence-electron chi connectivity index (χ3n) is 2.82. The van der Waals surface area contributed by atoms with Gasteiger partial charge in [-0.1, -0.05) is 18.2 Å². The van der Waals surface area contributed by atoms with Crippen molar-refractivity contribution in [3.8, 4) is 11.1 Å². The zero-order valence-electron chi connectivity index (χ0n) is 9.22. The molecular weight excluding hydrogens is 206 g/mol. The maximum absolute atomic E-state index is 13.6. The summed E-state index contributed by atoms with van der Waals surface area (Å²) < 4.78 is 26.7. The molecule has 0 saturated carbocycles. The smallest absolute Gasteiger partial charge is 0.131 e. The van der Waals surface area contributed by atoms with E-state index in [9.17, 15) is 8.78 Å². The minimum atomic E-state index is -0.419. The molecule has 2 rings (SSSR count). The van der Waals surface area contributed by atoms with Gasteiger partial charge in [-0.05, 0) is 48.7 Å². The SMILES string of the molecule is Cc1cccc(-c2cc(F)ccc2F)c1C. The third-order valence-corrected chi connectivity index (χ3v) is 2.82. The van der Waals surface area contributed by atoms with E-state index in [1.54, 1.807) is 6.07 Å². The fourth-order valence-corrected chi connectivity index (χ4v) is 1.75. The second kappa shape index (κ2) is 4.05. The highest BCUT2D eigenvalue weighted by Gasteiger charge is 2.09. The van der Waals surface area contributed by atoms with E-state index in [1.165, 1.54) is 6.07 Å². The number of benzene rings is 2. The van der Waals surface area contributed by atoms with Crippen molar-refractivity contribution in [1.29, 1.82) is 0 Å². The van der Waals surface area contributed by atoms with Gasteiger partial charge >= 0.3 is 0 Å². The summed E-state index contributed by atoms with van der Waals surface area (Å²) in [4.78, 5) is 0. The van der Waals surface area contributed by atoms with E-state index >= 15 is 0 Å². The summed E-state index contributed by atoms with van der Waals surface area (Å²) in [5, 5.41) is 0. The zero-order chi connectivity index (χ0) is 11.7. The van der Waals surface area contributed by atoms with E-state index in [1.807, 2.05) is 26.0 Å². The fraction of sp³-hybridized carbons (Fsp3) is 0.143. The van der Waals surface area contributed by atoms with Crippen molar-refractivity contribution in [2.75, 3.05) is 0 Å². The van der Waals surface area contributed by atoms with Crippen LogP contribution >= 0.6 is 0 Å². The molecule has 2 aromatic rings. The average molecular weight is 218 g/mol. The molecular formula is C14H12F2. The summed E-state index contributed by atoms with van der Waals surface area (Å²) in [5.74, 6) is -0.813. The minimum Gasteiger partial charge on any atom is -0.207 e. The van der Waals surface area contributed by atoms with E-state index in [0.29, 0.717) is 5.56 Å². The maximum Gasteiger partial charge on any atom is 0.131 e. The monoisotopic (exact) mass is 218 g/mol. The van der Waals surface area contributed by atoms with Crippen molar-refractivity contribution in [2.45, 2.75) is 13.8 Å². The number of hydrogen-bond acceptors (Lipinski definition) is 0. The van der Waals surface area contributed by atoms with Gasteiger partial charge in [0, 0.05) is 5.56 Å². The first-order chi connectivity index (χ1) is 7.59. The summed E-state index contributed by atoms with van der Waals surface area (Å²) in [6, 6.07) is 9.13. The molecule has 0 aliphatic rings. The van der Waals surface area contributed by atoms with Gasteiger partial charge in [0.15, 0.2) is 0 Å². The summed E-state index contributed by atoms with van der Waals surface area (Å²) in [5.41, 5.74) is 3.12. The van der Waals surface area contributed by atoms with Gasteiger partial charge < -0.3 is 0 Å². The molecule has 0 amide bonds. The lowest BCUT2D eigenvalue weighted by molar-refractivity contribution is 0.603. The van der Waals surface area contributed by atoms with Gasteiger partial charge in [0.05, 0.1) is 0 Å². The predicted octanol–water partition coefficient (Wildman–Crippen LogP) is 4.25. The lowest BCUT2D eigenvalue weighted by Gasteiger charge is -2.09. The van der Waals surface area contributed by atoms with Crippen molar-refractivity contribution in [3.63, 3.8) is 0 Å². The van der Waals surface area contributed by atoms with E-state index in [-0.39, 0.29) is 0 Å². The van der Waals surface area contributed by atoms with Crippen LogP contribution in [-0.4, -0.2) is 0 Å². The molecule has 0 unspecified atom stereocenters. The maximum atomic E-state index is 13.6. The standard InChI is InChI=1S/C14H12F2/c1-9-4-3-5-12(10(9)2)13-8-11(15)6-7-14(13)16/h3-8H,1-2H3. The van der Waals surface area contributed by atoms with Crippen molar-refractivity contribution in [2.24, 2.45) is 0 Å². The Labute approximate surface area is 93.5 Å². The number of hydrogen-bond donors (Lipinski definition) is 0. The van der Waals surface area contributed by atoms with Crippen LogP contribution in [0.2, 0.25) is 0 Å². The number of halogens is 2. The van der Waals surface area contributed by atoms with Crippen LogP contribution in [0.25, 0.3) is 11.1 Å². The molecule has 0 bridgehead atoms. The predicted molar refractivity (Wildman–Crippen MR) is 61.3 cm³/mol. The Morgan fingerprint density at radius 3 is 2.38 bits per heavy atom. The van der Waals surface area contributed by atoms with Crippen LogP contribution in [0, 0.1) is 25.5 Å². The van der Waals surface area contributed by atoms with E-state index in [0.717, 1.165) is 28.8 Å². The molecule has 0 fully saturated rings.